The van der Waals surface area contributed by atoms with Gasteiger partial charge >= 0.3 is 11.9 Å². The smallest absolute Gasteiger partial charge is 0.309 e. The summed E-state index contributed by atoms with van der Waals surface area (Å²) in [4.78, 5) is 23.2. The molecule has 0 fully saturated rings. The van der Waals surface area contributed by atoms with Gasteiger partial charge in [-0.2, -0.15) is 0 Å². The Morgan fingerprint density at radius 2 is 1.96 bits per heavy atom. The van der Waals surface area contributed by atoms with E-state index in [0.29, 0.717) is 12.8 Å². The highest BCUT2D eigenvalue weighted by atomic mass is 16.5. The predicted octanol–water partition coefficient (Wildman–Crippen LogP) is 3.44. The van der Waals surface area contributed by atoms with E-state index in [9.17, 15) is 19.8 Å². The first kappa shape index (κ1) is 16.3. The topological polar surface area (TPSA) is 83.8 Å². The minimum Gasteiger partial charge on any atom is -0.497 e. The lowest BCUT2D eigenvalue weighted by atomic mass is 9.63. The lowest BCUT2D eigenvalue weighted by molar-refractivity contribution is -0.151. The molecule has 0 unspecified atom stereocenters. The molecule has 1 aliphatic rings. The lowest BCUT2D eigenvalue weighted by Crippen LogP contribution is -2.39. The molecular weight excluding hydrogens is 308 g/mol. The number of aliphatic carboxylic acids is 2. The second kappa shape index (κ2) is 5.82. The van der Waals surface area contributed by atoms with E-state index in [2.05, 4.69) is 0 Å². The third-order valence-corrected chi connectivity index (χ3v) is 5.28. The number of carboxylic acid groups (broad SMARTS) is 2. The molecule has 0 spiro atoms. The average molecular weight is 328 g/mol. The highest BCUT2D eigenvalue weighted by Crippen LogP contribution is 2.49. The summed E-state index contributed by atoms with van der Waals surface area (Å²) in [6, 6.07) is 9.60. The molecular formula is C19H20O5. The van der Waals surface area contributed by atoms with Crippen molar-refractivity contribution < 1.29 is 24.5 Å². The highest BCUT2D eigenvalue weighted by molar-refractivity contribution is 5.90. The third-order valence-electron chi connectivity index (χ3n) is 5.28. The van der Waals surface area contributed by atoms with Gasteiger partial charge in [0, 0.05) is 5.92 Å². The number of carboxylic acids is 2. The summed E-state index contributed by atoms with van der Waals surface area (Å²) in [6.45, 7) is 1.65. The number of methoxy groups -OCH3 is 1. The molecule has 0 radical (unpaired) electrons. The zero-order chi connectivity index (χ0) is 17.5. The standard InChI is InChI=1S/C19H20O5/c1-19(18(22)23)8-7-13-14(16(19)10-17(20)21)6-4-11-3-5-12(24-2)9-15(11)13/h3-6,9,16H,7-8,10H2,1-2H3,(H,20,21)(H,22,23)/t16-,19-/m0/s1. The van der Waals surface area contributed by atoms with Gasteiger partial charge in [0.15, 0.2) is 0 Å². The van der Waals surface area contributed by atoms with E-state index >= 15 is 0 Å². The van der Waals surface area contributed by atoms with Crippen LogP contribution in [0.3, 0.4) is 0 Å². The quantitative estimate of drug-likeness (QED) is 0.898. The maximum atomic E-state index is 11.8. The normalized spacial score (nSPS) is 22.8. The predicted molar refractivity (Wildman–Crippen MR) is 89.6 cm³/mol. The molecule has 0 saturated heterocycles. The Morgan fingerprint density at radius 1 is 1.25 bits per heavy atom. The van der Waals surface area contributed by atoms with Crippen molar-refractivity contribution in [1.82, 2.24) is 0 Å². The van der Waals surface area contributed by atoms with Crippen LogP contribution in [0.1, 0.15) is 36.8 Å². The molecule has 0 amide bonds. The Balaban J connectivity index is 2.22. The number of benzene rings is 2. The highest BCUT2D eigenvalue weighted by Gasteiger charge is 2.46. The minimum absolute atomic E-state index is 0.189. The van der Waals surface area contributed by atoms with Crippen LogP contribution in [0.4, 0.5) is 0 Å². The van der Waals surface area contributed by atoms with Crippen LogP contribution in [0.15, 0.2) is 30.3 Å². The van der Waals surface area contributed by atoms with Crippen LogP contribution in [0.5, 0.6) is 5.75 Å². The fourth-order valence-corrected chi connectivity index (χ4v) is 3.78. The van der Waals surface area contributed by atoms with E-state index in [1.54, 1.807) is 14.0 Å². The molecule has 126 valence electrons. The maximum absolute atomic E-state index is 11.8. The van der Waals surface area contributed by atoms with Crippen LogP contribution < -0.4 is 4.74 Å². The first-order valence-electron chi connectivity index (χ1n) is 7.91. The summed E-state index contributed by atoms with van der Waals surface area (Å²) in [5.74, 6) is -1.74. The first-order chi connectivity index (χ1) is 11.4. The molecule has 3 rings (SSSR count). The summed E-state index contributed by atoms with van der Waals surface area (Å²) >= 11 is 0. The van der Waals surface area contributed by atoms with Gasteiger partial charge in [-0.05, 0) is 53.8 Å². The minimum atomic E-state index is -1.07. The Kier molecular flexibility index (Phi) is 3.95. The number of carbonyl (C=O) groups is 2. The van der Waals surface area contributed by atoms with Gasteiger partial charge in [0.25, 0.3) is 0 Å². The van der Waals surface area contributed by atoms with E-state index in [1.807, 2.05) is 30.3 Å². The largest absolute Gasteiger partial charge is 0.497 e. The molecule has 24 heavy (non-hydrogen) atoms. The zero-order valence-corrected chi connectivity index (χ0v) is 13.7. The number of aryl methyl sites for hydroxylation is 1. The number of ether oxygens (including phenoxy) is 1. The van der Waals surface area contributed by atoms with Gasteiger partial charge in [0.05, 0.1) is 18.9 Å². The second-order valence-corrected chi connectivity index (χ2v) is 6.59. The molecule has 0 aliphatic heterocycles. The third kappa shape index (κ3) is 2.50. The van der Waals surface area contributed by atoms with Gasteiger partial charge in [-0.15, -0.1) is 0 Å². The van der Waals surface area contributed by atoms with Crippen molar-refractivity contribution in [3.05, 3.63) is 41.5 Å². The van der Waals surface area contributed by atoms with Gasteiger partial charge < -0.3 is 14.9 Å². The van der Waals surface area contributed by atoms with E-state index in [-0.39, 0.29) is 6.42 Å². The molecule has 2 aromatic carbocycles. The molecule has 0 bridgehead atoms. The van der Waals surface area contributed by atoms with E-state index in [4.69, 9.17) is 4.74 Å². The summed E-state index contributed by atoms with van der Waals surface area (Å²) in [5, 5.41) is 21.0. The SMILES string of the molecule is COc1ccc2ccc3c(c2c1)CC[C@](C)(C(=O)O)[C@H]3CC(=O)O. The molecule has 2 aromatic rings. The number of hydrogen-bond donors (Lipinski definition) is 2. The first-order valence-corrected chi connectivity index (χ1v) is 7.91. The van der Waals surface area contributed by atoms with Gasteiger partial charge in [-0.1, -0.05) is 18.2 Å². The number of fused-ring (bicyclic) bond motifs is 3. The Morgan fingerprint density at radius 3 is 2.58 bits per heavy atom. The van der Waals surface area contributed by atoms with Crippen LogP contribution in [0, 0.1) is 5.41 Å². The van der Waals surface area contributed by atoms with Crippen LogP contribution >= 0.6 is 0 Å². The van der Waals surface area contributed by atoms with Crippen molar-refractivity contribution in [2.45, 2.75) is 32.1 Å². The van der Waals surface area contributed by atoms with Crippen molar-refractivity contribution >= 4 is 22.7 Å². The average Bonchev–Trinajstić information content (AvgIpc) is 2.56. The Hall–Kier alpha value is -2.56. The number of hydrogen-bond acceptors (Lipinski definition) is 3. The van der Waals surface area contributed by atoms with Crippen LogP contribution in [-0.4, -0.2) is 29.3 Å². The van der Waals surface area contributed by atoms with E-state index in [0.717, 1.165) is 27.6 Å². The molecule has 0 aromatic heterocycles. The van der Waals surface area contributed by atoms with Gasteiger partial charge in [0.2, 0.25) is 0 Å². The van der Waals surface area contributed by atoms with Crippen molar-refractivity contribution in [2.75, 3.05) is 7.11 Å². The molecule has 5 heteroatoms. The monoisotopic (exact) mass is 328 g/mol. The number of rotatable bonds is 4. The van der Waals surface area contributed by atoms with Gasteiger partial charge in [-0.25, -0.2) is 0 Å². The molecule has 0 saturated carbocycles. The Labute approximate surface area is 139 Å². The fourth-order valence-electron chi connectivity index (χ4n) is 3.78. The summed E-state index contributed by atoms with van der Waals surface area (Å²) in [7, 11) is 1.60. The van der Waals surface area contributed by atoms with Crippen LogP contribution in [-0.2, 0) is 16.0 Å². The molecule has 2 N–H and O–H groups in total. The van der Waals surface area contributed by atoms with Crippen LogP contribution in [0.25, 0.3) is 10.8 Å². The Bertz CT molecular complexity index is 826. The van der Waals surface area contributed by atoms with Crippen molar-refractivity contribution in [3.63, 3.8) is 0 Å². The lowest BCUT2D eigenvalue weighted by Gasteiger charge is -2.39. The second-order valence-electron chi connectivity index (χ2n) is 6.59. The summed E-state index contributed by atoms with van der Waals surface area (Å²) in [5.41, 5.74) is 0.795. The fraction of sp³-hybridized carbons (Fsp3) is 0.368. The molecule has 1 aliphatic carbocycles. The van der Waals surface area contributed by atoms with Crippen molar-refractivity contribution in [1.29, 1.82) is 0 Å². The summed E-state index contributed by atoms with van der Waals surface area (Å²) < 4.78 is 5.30. The van der Waals surface area contributed by atoms with Crippen molar-refractivity contribution in [3.8, 4) is 5.75 Å². The molecule has 2 atom stereocenters. The van der Waals surface area contributed by atoms with E-state index in [1.165, 1.54) is 0 Å². The molecule has 5 nitrogen and oxygen atoms in total. The van der Waals surface area contributed by atoms with Gasteiger partial charge in [-0.3, -0.25) is 9.59 Å². The van der Waals surface area contributed by atoms with Crippen molar-refractivity contribution in [2.24, 2.45) is 5.41 Å². The van der Waals surface area contributed by atoms with E-state index < -0.39 is 23.3 Å². The van der Waals surface area contributed by atoms with Gasteiger partial charge in [0.1, 0.15) is 5.75 Å². The van der Waals surface area contributed by atoms with Crippen LogP contribution in [0.2, 0.25) is 0 Å². The molecule has 0 heterocycles. The maximum Gasteiger partial charge on any atom is 0.309 e. The zero-order valence-electron chi connectivity index (χ0n) is 13.7. The summed E-state index contributed by atoms with van der Waals surface area (Å²) in [6.07, 6.45) is 0.841.